The molecule has 4 N–H and O–H groups in total. The highest BCUT2D eigenvalue weighted by atomic mass is 32.1. The molecule has 0 atom stereocenters. The highest BCUT2D eigenvalue weighted by molar-refractivity contribution is 7.80. The third kappa shape index (κ3) is 5.03. The van der Waals surface area contributed by atoms with Gasteiger partial charge in [0, 0.05) is 5.41 Å². The number of rotatable bonds is 4. The predicted molar refractivity (Wildman–Crippen MR) is 88.6 cm³/mol. The summed E-state index contributed by atoms with van der Waals surface area (Å²) in [7, 11) is 1.54. The first-order valence-corrected chi connectivity index (χ1v) is 6.73. The van der Waals surface area contributed by atoms with Gasteiger partial charge in [0.15, 0.2) is 5.11 Å². The molecule has 0 bridgehead atoms. The van der Waals surface area contributed by atoms with Gasteiger partial charge in [0.25, 0.3) is 0 Å². The molecule has 1 amide bonds. The highest BCUT2D eigenvalue weighted by Gasteiger charge is 2.22. The number of ether oxygens (including phenoxy) is 1. The van der Waals surface area contributed by atoms with Crippen molar-refractivity contribution in [2.75, 3.05) is 12.4 Å². The molecule has 0 heterocycles. The number of carbonyl (C=O) groups excluding carboxylic acids is 1. The number of nitrogens with zero attached hydrogens (tertiary/aromatic N) is 1. The van der Waals surface area contributed by atoms with Crippen molar-refractivity contribution in [2.45, 2.75) is 20.8 Å². The summed E-state index contributed by atoms with van der Waals surface area (Å²) < 4.78 is 5.28. The van der Waals surface area contributed by atoms with E-state index in [0.29, 0.717) is 17.0 Å². The minimum absolute atomic E-state index is 0.0569. The normalized spacial score (nSPS) is 11.2. The van der Waals surface area contributed by atoms with Gasteiger partial charge in [-0.1, -0.05) is 26.8 Å². The van der Waals surface area contributed by atoms with E-state index in [9.17, 15) is 4.79 Å². The molecular formula is C14H20N4O2S. The number of anilines is 1. The number of nitrogens with one attached hydrogen (secondary N) is 2. The highest BCUT2D eigenvalue weighted by Crippen LogP contribution is 2.26. The van der Waals surface area contributed by atoms with E-state index >= 15 is 0 Å². The average molecular weight is 308 g/mol. The average Bonchev–Trinajstić information content (AvgIpc) is 2.38. The number of hydrazone groups is 1. The predicted octanol–water partition coefficient (Wildman–Crippen LogP) is 1.85. The molecular weight excluding hydrogens is 288 g/mol. The van der Waals surface area contributed by atoms with E-state index in [-0.39, 0.29) is 11.0 Å². The van der Waals surface area contributed by atoms with Crippen LogP contribution in [0.3, 0.4) is 0 Å². The Kier molecular flexibility index (Phi) is 5.66. The standard InChI is InChI=1S/C14H20N4O2S/c1-14(2,3)12(19)17-10-6-5-7-11(20-4)9(10)8-16-18-13(15)21/h5-8H,1-4H3,(H,17,19)(H3,15,18,21). The maximum atomic E-state index is 12.1. The van der Waals surface area contributed by atoms with Crippen LogP contribution in [0.1, 0.15) is 26.3 Å². The minimum atomic E-state index is -0.505. The van der Waals surface area contributed by atoms with Crippen molar-refractivity contribution in [3.63, 3.8) is 0 Å². The largest absolute Gasteiger partial charge is 0.496 e. The number of carbonyl (C=O) groups is 1. The van der Waals surface area contributed by atoms with E-state index in [1.807, 2.05) is 20.8 Å². The summed E-state index contributed by atoms with van der Waals surface area (Å²) in [6.07, 6.45) is 1.50. The fraction of sp³-hybridized carbons (Fsp3) is 0.357. The monoisotopic (exact) mass is 308 g/mol. The van der Waals surface area contributed by atoms with E-state index in [1.165, 1.54) is 6.21 Å². The van der Waals surface area contributed by atoms with E-state index in [1.54, 1.807) is 25.3 Å². The third-order valence-corrected chi connectivity index (χ3v) is 2.68. The second-order valence-electron chi connectivity index (χ2n) is 5.36. The molecule has 0 unspecified atom stereocenters. The van der Waals surface area contributed by atoms with Gasteiger partial charge in [0.05, 0.1) is 24.6 Å². The van der Waals surface area contributed by atoms with E-state index in [0.717, 1.165) is 0 Å². The summed E-state index contributed by atoms with van der Waals surface area (Å²) in [6, 6.07) is 5.33. The molecule has 0 saturated carbocycles. The van der Waals surface area contributed by atoms with Crippen molar-refractivity contribution in [1.82, 2.24) is 5.43 Å². The smallest absolute Gasteiger partial charge is 0.229 e. The van der Waals surface area contributed by atoms with E-state index in [4.69, 9.17) is 10.5 Å². The Morgan fingerprint density at radius 3 is 2.62 bits per heavy atom. The van der Waals surface area contributed by atoms with Gasteiger partial charge in [-0.3, -0.25) is 10.2 Å². The summed E-state index contributed by atoms with van der Waals surface area (Å²) in [5.74, 6) is 0.475. The number of methoxy groups -OCH3 is 1. The molecule has 21 heavy (non-hydrogen) atoms. The van der Waals surface area contributed by atoms with Crippen LogP contribution in [-0.4, -0.2) is 24.3 Å². The molecule has 0 aliphatic carbocycles. The number of hydrogen-bond donors (Lipinski definition) is 3. The second kappa shape index (κ2) is 7.03. The SMILES string of the molecule is COc1cccc(NC(=O)C(C)(C)C)c1C=NNC(N)=S. The van der Waals surface area contributed by atoms with Crippen LogP contribution in [0.2, 0.25) is 0 Å². The Labute approximate surface area is 129 Å². The molecule has 1 aromatic carbocycles. The first kappa shape index (κ1) is 16.9. The lowest BCUT2D eigenvalue weighted by Gasteiger charge is -2.19. The fourth-order valence-electron chi connectivity index (χ4n) is 1.43. The molecule has 7 heteroatoms. The van der Waals surface area contributed by atoms with Gasteiger partial charge < -0.3 is 15.8 Å². The Balaban J connectivity index is 3.11. The summed E-state index contributed by atoms with van der Waals surface area (Å²) >= 11 is 4.68. The zero-order chi connectivity index (χ0) is 16.0. The van der Waals surface area contributed by atoms with Gasteiger partial charge in [-0.25, -0.2) is 0 Å². The second-order valence-corrected chi connectivity index (χ2v) is 5.80. The van der Waals surface area contributed by atoms with Crippen LogP contribution in [-0.2, 0) is 4.79 Å². The van der Waals surface area contributed by atoms with Crippen molar-refractivity contribution in [1.29, 1.82) is 0 Å². The summed E-state index contributed by atoms with van der Waals surface area (Å²) in [5, 5.41) is 6.83. The molecule has 0 aliphatic heterocycles. The molecule has 0 saturated heterocycles. The molecule has 1 rings (SSSR count). The molecule has 6 nitrogen and oxygen atoms in total. The number of nitrogens with two attached hydrogens (primary N) is 1. The van der Waals surface area contributed by atoms with E-state index < -0.39 is 5.41 Å². The van der Waals surface area contributed by atoms with Crippen LogP contribution in [0.15, 0.2) is 23.3 Å². The Hall–Kier alpha value is -2.15. The van der Waals surface area contributed by atoms with Gasteiger partial charge >= 0.3 is 0 Å². The first-order chi connectivity index (χ1) is 9.75. The summed E-state index contributed by atoms with van der Waals surface area (Å²) in [6.45, 7) is 5.51. The number of hydrogen-bond acceptors (Lipinski definition) is 4. The summed E-state index contributed by atoms with van der Waals surface area (Å²) in [5.41, 5.74) is 8.50. The van der Waals surface area contributed by atoms with Crippen LogP contribution < -0.4 is 21.2 Å². The van der Waals surface area contributed by atoms with Crippen molar-refractivity contribution in [3.05, 3.63) is 23.8 Å². The number of thiocarbonyl (C=S) groups is 1. The van der Waals surface area contributed by atoms with Crippen LogP contribution >= 0.6 is 12.2 Å². The van der Waals surface area contributed by atoms with Crippen molar-refractivity contribution in [2.24, 2.45) is 16.3 Å². The van der Waals surface area contributed by atoms with Gasteiger partial charge in [0.1, 0.15) is 5.75 Å². The lowest BCUT2D eigenvalue weighted by molar-refractivity contribution is -0.123. The van der Waals surface area contributed by atoms with Gasteiger partial charge in [-0.15, -0.1) is 0 Å². The van der Waals surface area contributed by atoms with E-state index in [2.05, 4.69) is 28.1 Å². The number of benzene rings is 1. The first-order valence-electron chi connectivity index (χ1n) is 6.32. The topological polar surface area (TPSA) is 88.7 Å². The van der Waals surface area contributed by atoms with Crippen molar-refractivity contribution < 1.29 is 9.53 Å². The lowest BCUT2D eigenvalue weighted by atomic mass is 9.95. The fourth-order valence-corrected chi connectivity index (χ4v) is 1.49. The summed E-state index contributed by atoms with van der Waals surface area (Å²) in [4.78, 5) is 12.1. The van der Waals surface area contributed by atoms with Crippen LogP contribution in [0, 0.1) is 5.41 Å². The quantitative estimate of drug-likeness (QED) is 0.449. The Morgan fingerprint density at radius 2 is 2.10 bits per heavy atom. The third-order valence-electron chi connectivity index (χ3n) is 2.58. The Morgan fingerprint density at radius 1 is 1.43 bits per heavy atom. The molecule has 0 radical (unpaired) electrons. The molecule has 0 aromatic heterocycles. The molecule has 0 spiro atoms. The van der Waals surface area contributed by atoms with Gasteiger partial charge in [-0.05, 0) is 24.4 Å². The van der Waals surface area contributed by atoms with Crippen LogP contribution in [0.5, 0.6) is 5.75 Å². The lowest BCUT2D eigenvalue weighted by Crippen LogP contribution is -2.28. The minimum Gasteiger partial charge on any atom is -0.496 e. The van der Waals surface area contributed by atoms with Gasteiger partial charge in [-0.2, -0.15) is 5.10 Å². The van der Waals surface area contributed by atoms with Crippen LogP contribution in [0.25, 0.3) is 0 Å². The van der Waals surface area contributed by atoms with Crippen LogP contribution in [0.4, 0.5) is 5.69 Å². The maximum Gasteiger partial charge on any atom is 0.229 e. The molecule has 114 valence electrons. The van der Waals surface area contributed by atoms with Crippen molar-refractivity contribution in [3.8, 4) is 5.75 Å². The zero-order valence-electron chi connectivity index (χ0n) is 12.6. The Bertz CT molecular complexity index is 565. The van der Waals surface area contributed by atoms with Gasteiger partial charge in [0.2, 0.25) is 5.91 Å². The number of amides is 1. The van der Waals surface area contributed by atoms with Crippen molar-refractivity contribution >= 4 is 35.1 Å². The maximum absolute atomic E-state index is 12.1. The zero-order valence-corrected chi connectivity index (χ0v) is 13.4. The molecule has 1 aromatic rings. The molecule has 0 fully saturated rings. The molecule has 0 aliphatic rings.